The summed E-state index contributed by atoms with van der Waals surface area (Å²) in [5.74, 6) is 0.729. The van der Waals surface area contributed by atoms with Crippen LogP contribution in [0.5, 0.6) is 0 Å². The summed E-state index contributed by atoms with van der Waals surface area (Å²) in [6.45, 7) is 8.57. The van der Waals surface area contributed by atoms with E-state index in [-0.39, 0.29) is 21.1 Å². The Morgan fingerprint density at radius 3 is 2.69 bits per heavy atom. The molecule has 88 valence electrons. The molecule has 0 fully saturated rings. The summed E-state index contributed by atoms with van der Waals surface area (Å²) < 4.78 is 0.894. The van der Waals surface area contributed by atoms with E-state index in [4.69, 9.17) is 17.0 Å². The molecule has 0 aliphatic heterocycles. The zero-order valence-electron chi connectivity index (χ0n) is 8.23. The van der Waals surface area contributed by atoms with Crippen molar-refractivity contribution < 1.29 is 21.1 Å². The van der Waals surface area contributed by atoms with Crippen molar-refractivity contribution in [2.24, 2.45) is 4.99 Å². The fourth-order valence-corrected chi connectivity index (χ4v) is 1.17. The predicted molar refractivity (Wildman–Crippen MR) is 68.7 cm³/mol. The van der Waals surface area contributed by atoms with Gasteiger partial charge in [0.05, 0.1) is 4.47 Å². The van der Waals surface area contributed by atoms with E-state index in [1.54, 1.807) is 6.07 Å². The molecule has 1 heterocycles. The zero-order valence-corrected chi connectivity index (χ0v) is 13.5. The van der Waals surface area contributed by atoms with Crippen molar-refractivity contribution in [1.82, 2.24) is 4.98 Å². The Kier molecular flexibility index (Phi) is 12.7. The maximum absolute atomic E-state index is 7.46. The SMILES string of the molecule is [CH-]=NC=[N-].[CH2-]CNc1nc(Cl)ccc1Br.[W]. The number of hydrogen-bond acceptors (Lipinski definition) is 2. The van der Waals surface area contributed by atoms with Crippen molar-refractivity contribution in [1.29, 1.82) is 0 Å². The van der Waals surface area contributed by atoms with Crippen LogP contribution < -0.4 is 5.32 Å². The summed E-state index contributed by atoms with van der Waals surface area (Å²) in [6.07, 6.45) is 0.528. The van der Waals surface area contributed by atoms with Crippen LogP contribution >= 0.6 is 27.5 Å². The van der Waals surface area contributed by atoms with Crippen LogP contribution in [0.2, 0.25) is 5.15 Å². The number of anilines is 1. The van der Waals surface area contributed by atoms with E-state index >= 15 is 0 Å². The molecule has 0 unspecified atom stereocenters. The summed E-state index contributed by atoms with van der Waals surface area (Å²) in [6, 6.07) is 3.56. The Hall–Kier alpha value is -0.252. The van der Waals surface area contributed by atoms with Crippen LogP contribution in [0.3, 0.4) is 0 Å². The first-order chi connectivity index (χ1) is 7.15. The Bertz CT molecular complexity index is 329. The molecule has 0 spiro atoms. The molecule has 0 radical (unpaired) electrons. The molecule has 0 aliphatic rings. The number of pyridine rings is 1. The number of nitrogens with zero attached hydrogens (tertiary/aromatic N) is 3. The molecule has 0 saturated carbocycles. The molecule has 16 heavy (non-hydrogen) atoms. The second kappa shape index (κ2) is 11.2. The first kappa shape index (κ1) is 18.1. The number of aromatic nitrogens is 1. The number of nitrogens with one attached hydrogen (secondary N) is 1. The molecule has 1 rings (SSSR count). The van der Waals surface area contributed by atoms with Crippen LogP contribution in [-0.2, 0) is 21.1 Å². The van der Waals surface area contributed by atoms with Gasteiger partial charge in [-0.1, -0.05) is 11.6 Å². The first-order valence-corrected chi connectivity index (χ1v) is 5.03. The number of aliphatic imine (C=N–C) groups is 1. The molecule has 0 amide bonds. The van der Waals surface area contributed by atoms with Gasteiger partial charge in [-0.25, -0.2) is 4.98 Å². The van der Waals surface area contributed by atoms with Crippen LogP contribution in [0.4, 0.5) is 5.82 Å². The fourth-order valence-electron chi connectivity index (χ4n) is 0.661. The van der Waals surface area contributed by atoms with E-state index < -0.39 is 0 Å². The largest absolute Gasteiger partial charge is 0.650 e. The Labute approximate surface area is 123 Å². The molecule has 1 aromatic heterocycles. The van der Waals surface area contributed by atoms with E-state index in [2.05, 4.69) is 44.9 Å². The van der Waals surface area contributed by atoms with Crippen molar-refractivity contribution in [3.63, 3.8) is 0 Å². The molecule has 0 aromatic carbocycles. The van der Waals surface area contributed by atoms with E-state index in [9.17, 15) is 0 Å². The van der Waals surface area contributed by atoms with Crippen LogP contribution in [0.15, 0.2) is 21.6 Å². The van der Waals surface area contributed by atoms with Gasteiger partial charge in [0.2, 0.25) is 0 Å². The van der Waals surface area contributed by atoms with Crippen molar-refractivity contribution in [3.8, 4) is 0 Å². The van der Waals surface area contributed by atoms with Gasteiger partial charge >= 0.3 is 0 Å². The Balaban J connectivity index is 0. The molecule has 0 aliphatic carbocycles. The first-order valence-electron chi connectivity index (χ1n) is 3.86. The normalized spacial score (nSPS) is 7.94. The van der Waals surface area contributed by atoms with Gasteiger partial charge in [0.1, 0.15) is 11.0 Å². The molecule has 7 heteroatoms. The number of rotatable bonds is 3. The van der Waals surface area contributed by atoms with E-state index in [0.29, 0.717) is 18.0 Å². The van der Waals surface area contributed by atoms with Crippen molar-refractivity contribution in [3.05, 3.63) is 34.1 Å². The second-order valence-electron chi connectivity index (χ2n) is 2.16. The smallest absolute Gasteiger partial charge is 0.139 e. The summed E-state index contributed by atoms with van der Waals surface area (Å²) in [5, 5.41) is 10.9. The molecule has 4 nitrogen and oxygen atoms in total. The molecular formula is C9H9BrClN4W-3. The third-order valence-electron chi connectivity index (χ3n) is 1.17. The molecule has 0 atom stereocenters. The zero-order chi connectivity index (χ0) is 11.7. The van der Waals surface area contributed by atoms with E-state index in [1.807, 2.05) is 6.07 Å². The second-order valence-corrected chi connectivity index (χ2v) is 3.40. The van der Waals surface area contributed by atoms with E-state index in [1.165, 1.54) is 0 Å². The average Bonchev–Trinajstić information content (AvgIpc) is 2.24. The van der Waals surface area contributed by atoms with Gasteiger partial charge in [0.15, 0.2) is 0 Å². The van der Waals surface area contributed by atoms with Gasteiger partial charge in [-0.3, -0.25) is 6.34 Å². The summed E-state index contributed by atoms with van der Waals surface area (Å²) in [5.41, 5.74) is 0. The molecular weight excluding hydrogens is 463 g/mol. The third kappa shape index (κ3) is 7.97. The van der Waals surface area contributed by atoms with Gasteiger partial charge in [-0.2, -0.15) is 0 Å². The van der Waals surface area contributed by atoms with Gasteiger partial charge in [-0.15, -0.1) is 6.54 Å². The van der Waals surface area contributed by atoms with Gasteiger partial charge in [-0.05, 0) is 28.1 Å². The number of halogens is 2. The number of hydrogen-bond donors (Lipinski definition) is 1. The minimum atomic E-state index is 0. The van der Waals surface area contributed by atoms with Gasteiger partial charge < -0.3 is 29.4 Å². The Morgan fingerprint density at radius 2 is 2.25 bits per heavy atom. The van der Waals surface area contributed by atoms with Crippen molar-refractivity contribution >= 4 is 46.4 Å². The van der Waals surface area contributed by atoms with Gasteiger partial charge in [0, 0.05) is 21.1 Å². The summed E-state index contributed by atoms with van der Waals surface area (Å²) in [7, 11) is 0. The van der Waals surface area contributed by atoms with E-state index in [0.717, 1.165) is 10.3 Å². The van der Waals surface area contributed by atoms with Crippen LogP contribution in [-0.4, -0.2) is 24.6 Å². The topological polar surface area (TPSA) is 59.6 Å². The van der Waals surface area contributed by atoms with Crippen LogP contribution in [0.25, 0.3) is 5.41 Å². The maximum Gasteiger partial charge on any atom is 0.139 e. The minimum Gasteiger partial charge on any atom is -0.650 e. The third-order valence-corrected chi connectivity index (χ3v) is 2.02. The maximum atomic E-state index is 7.46. The standard InChI is InChI=1S/C7H7BrClN2.C2H2N2.W/c1-2-10-7-5(8)3-4-6(9)11-7;1-4-2-3;/h3-4H,1-2H2,(H,10,11);1-2H;/q-1;-2;. The monoisotopic (exact) mass is 471 g/mol. The quantitative estimate of drug-likeness (QED) is 0.319. The molecule has 0 saturated heterocycles. The summed E-state index contributed by atoms with van der Waals surface area (Å²) in [4.78, 5) is 6.70. The minimum absolute atomic E-state index is 0. The molecule has 0 bridgehead atoms. The molecule has 1 aromatic rings. The van der Waals surface area contributed by atoms with Crippen molar-refractivity contribution in [2.75, 3.05) is 11.9 Å². The van der Waals surface area contributed by atoms with Crippen molar-refractivity contribution in [2.45, 2.75) is 0 Å². The predicted octanol–water partition coefficient (Wildman–Crippen LogP) is 2.90. The molecule has 1 N–H and O–H groups in total. The van der Waals surface area contributed by atoms with Gasteiger partial charge in [0.25, 0.3) is 0 Å². The summed E-state index contributed by atoms with van der Waals surface area (Å²) >= 11 is 8.98. The fraction of sp³-hybridized carbons (Fsp3) is 0.111. The average molecular weight is 472 g/mol. The Morgan fingerprint density at radius 1 is 1.69 bits per heavy atom. The van der Waals surface area contributed by atoms with Crippen LogP contribution in [0.1, 0.15) is 0 Å². The van der Waals surface area contributed by atoms with Crippen LogP contribution in [0, 0.1) is 6.92 Å².